The highest BCUT2D eigenvalue weighted by Crippen LogP contribution is 2.23. The Balaban J connectivity index is 3.56. The van der Waals surface area contributed by atoms with Crippen LogP contribution in [0.3, 0.4) is 0 Å². The van der Waals surface area contributed by atoms with E-state index in [-0.39, 0.29) is 0 Å². The molecule has 0 radical (unpaired) electrons. The Morgan fingerprint density at radius 2 is 1.33 bits per heavy atom. The molecule has 0 fully saturated rings. The van der Waals surface area contributed by atoms with Crippen LogP contribution in [0.15, 0.2) is 0 Å². The summed E-state index contributed by atoms with van der Waals surface area (Å²) < 4.78 is 0. The number of hydrogen-bond acceptors (Lipinski definition) is 2. The predicted octanol–water partition coefficient (Wildman–Crippen LogP) is 2.50. The van der Waals surface area contributed by atoms with E-state index < -0.39 is 0 Å². The summed E-state index contributed by atoms with van der Waals surface area (Å²) in [5.41, 5.74) is 0. The molecular formula is C10H14S2. The molecule has 0 amide bonds. The summed E-state index contributed by atoms with van der Waals surface area (Å²) in [7, 11) is 0. The maximum atomic E-state index is 5.17. The van der Waals surface area contributed by atoms with Gasteiger partial charge in [-0.1, -0.05) is 25.7 Å². The van der Waals surface area contributed by atoms with Gasteiger partial charge in [0.25, 0.3) is 0 Å². The van der Waals surface area contributed by atoms with Gasteiger partial charge in [0.15, 0.2) is 0 Å². The molecule has 2 unspecified atom stereocenters. The second kappa shape index (κ2) is 7.47. The van der Waals surface area contributed by atoms with E-state index in [1.807, 2.05) is 23.5 Å². The summed E-state index contributed by atoms with van der Waals surface area (Å²) in [5.74, 6) is 6.83. The van der Waals surface area contributed by atoms with Gasteiger partial charge in [-0.25, -0.2) is 0 Å². The van der Waals surface area contributed by atoms with E-state index >= 15 is 0 Å². The van der Waals surface area contributed by atoms with Gasteiger partial charge in [0.2, 0.25) is 0 Å². The van der Waals surface area contributed by atoms with Crippen LogP contribution in [-0.4, -0.2) is 22.0 Å². The van der Waals surface area contributed by atoms with E-state index in [1.165, 1.54) is 0 Å². The molecule has 0 aliphatic heterocycles. The van der Waals surface area contributed by atoms with Crippen LogP contribution in [0.4, 0.5) is 0 Å². The molecule has 0 N–H and O–H groups in total. The largest absolute Gasteiger partial charge is 0.145 e. The van der Waals surface area contributed by atoms with Crippen LogP contribution in [0.2, 0.25) is 0 Å². The zero-order valence-electron chi connectivity index (χ0n) is 7.54. The predicted molar refractivity (Wildman–Crippen MR) is 61.5 cm³/mol. The zero-order chi connectivity index (χ0) is 9.40. The molecule has 0 spiro atoms. The van der Waals surface area contributed by atoms with Gasteiger partial charge in [-0.3, -0.25) is 0 Å². The fraction of sp³-hybridized carbons (Fsp3) is 0.600. The minimum atomic E-state index is 0.583. The number of terminal acetylenes is 2. The molecule has 66 valence electrons. The molecule has 0 aliphatic rings. The second-order valence-corrected chi connectivity index (χ2v) is 5.17. The average Bonchev–Trinajstić information content (AvgIpc) is 2.10. The van der Waals surface area contributed by atoms with Gasteiger partial charge < -0.3 is 0 Å². The minimum Gasteiger partial charge on any atom is -0.145 e. The normalized spacial score (nSPS) is 14.3. The van der Waals surface area contributed by atoms with Crippen molar-refractivity contribution in [2.24, 2.45) is 0 Å². The summed E-state index contributed by atoms with van der Waals surface area (Å²) in [6, 6.07) is 0. The van der Waals surface area contributed by atoms with Crippen LogP contribution in [0.1, 0.15) is 13.8 Å². The summed E-state index contributed by atoms with van der Waals surface area (Å²) >= 11 is 3.62. The van der Waals surface area contributed by atoms with E-state index in [1.54, 1.807) is 0 Å². The van der Waals surface area contributed by atoms with Gasteiger partial charge in [-0.2, -0.15) is 0 Å². The van der Waals surface area contributed by atoms with Crippen molar-refractivity contribution < 1.29 is 0 Å². The van der Waals surface area contributed by atoms with Crippen LogP contribution in [0.25, 0.3) is 0 Å². The Bertz CT molecular complexity index is 163. The molecule has 0 aromatic rings. The highest BCUT2D eigenvalue weighted by molar-refractivity contribution is 8.03. The fourth-order valence-corrected chi connectivity index (χ4v) is 2.36. The minimum absolute atomic E-state index is 0.583. The molecule has 12 heavy (non-hydrogen) atoms. The zero-order valence-corrected chi connectivity index (χ0v) is 9.17. The third-order valence-corrected chi connectivity index (χ3v) is 4.23. The summed E-state index contributed by atoms with van der Waals surface area (Å²) in [4.78, 5) is 0. The Morgan fingerprint density at radius 1 is 1.00 bits per heavy atom. The SMILES string of the molecule is C#CCSC(C)C(C)SCC#C. The van der Waals surface area contributed by atoms with Crippen molar-refractivity contribution in [2.45, 2.75) is 24.3 Å². The highest BCUT2D eigenvalue weighted by Gasteiger charge is 2.11. The van der Waals surface area contributed by atoms with Crippen molar-refractivity contribution in [1.29, 1.82) is 0 Å². The van der Waals surface area contributed by atoms with E-state index in [2.05, 4.69) is 25.7 Å². The molecule has 2 atom stereocenters. The maximum Gasteiger partial charge on any atom is 0.0547 e. The first-order valence-corrected chi connectivity index (χ1v) is 5.92. The molecular weight excluding hydrogens is 184 g/mol. The average molecular weight is 198 g/mol. The second-order valence-electron chi connectivity index (χ2n) is 2.44. The van der Waals surface area contributed by atoms with Crippen molar-refractivity contribution in [3.05, 3.63) is 0 Å². The number of hydrogen-bond donors (Lipinski definition) is 0. The van der Waals surface area contributed by atoms with Gasteiger partial charge in [0.1, 0.15) is 0 Å². The molecule has 0 aromatic heterocycles. The monoisotopic (exact) mass is 198 g/mol. The van der Waals surface area contributed by atoms with E-state index in [0.29, 0.717) is 10.5 Å². The van der Waals surface area contributed by atoms with Gasteiger partial charge in [0.05, 0.1) is 11.5 Å². The lowest BCUT2D eigenvalue weighted by Crippen LogP contribution is -2.13. The first kappa shape index (κ1) is 11.8. The fourth-order valence-electron chi connectivity index (χ4n) is 0.630. The van der Waals surface area contributed by atoms with Crippen LogP contribution in [0.5, 0.6) is 0 Å². The smallest absolute Gasteiger partial charge is 0.0547 e. The molecule has 0 rings (SSSR count). The van der Waals surface area contributed by atoms with Crippen LogP contribution in [-0.2, 0) is 0 Å². The van der Waals surface area contributed by atoms with Crippen LogP contribution >= 0.6 is 23.5 Å². The summed E-state index contributed by atoms with van der Waals surface area (Å²) in [6.45, 7) is 4.38. The molecule has 0 heterocycles. The van der Waals surface area contributed by atoms with Gasteiger partial charge in [-0.05, 0) is 0 Å². The Hall–Kier alpha value is -0.180. The van der Waals surface area contributed by atoms with Gasteiger partial charge in [0, 0.05) is 10.5 Å². The third kappa shape index (κ3) is 5.47. The number of thioether (sulfide) groups is 2. The van der Waals surface area contributed by atoms with Gasteiger partial charge >= 0.3 is 0 Å². The van der Waals surface area contributed by atoms with Crippen LogP contribution < -0.4 is 0 Å². The summed E-state index contributed by atoms with van der Waals surface area (Å²) in [5, 5.41) is 1.17. The lowest BCUT2D eigenvalue weighted by atomic mass is 10.4. The topological polar surface area (TPSA) is 0 Å². The molecule has 0 nitrogen and oxygen atoms in total. The Morgan fingerprint density at radius 3 is 1.58 bits per heavy atom. The molecule has 0 aromatic carbocycles. The molecule has 0 saturated heterocycles. The number of rotatable bonds is 5. The third-order valence-electron chi connectivity index (χ3n) is 1.52. The van der Waals surface area contributed by atoms with E-state index in [9.17, 15) is 0 Å². The molecule has 0 bridgehead atoms. The van der Waals surface area contributed by atoms with Crippen molar-refractivity contribution >= 4 is 23.5 Å². The van der Waals surface area contributed by atoms with Gasteiger partial charge in [-0.15, -0.1) is 36.4 Å². The molecule has 2 heteroatoms. The first-order valence-electron chi connectivity index (χ1n) is 3.82. The molecule has 0 saturated carbocycles. The maximum absolute atomic E-state index is 5.17. The molecule has 0 aliphatic carbocycles. The lowest BCUT2D eigenvalue weighted by Gasteiger charge is -2.16. The van der Waals surface area contributed by atoms with Crippen molar-refractivity contribution in [3.8, 4) is 24.7 Å². The summed E-state index contributed by atoms with van der Waals surface area (Å²) in [6.07, 6.45) is 10.3. The van der Waals surface area contributed by atoms with Crippen molar-refractivity contribution in [2.75, 3.05) is 11.5 Å². The highest BCUT2D eigenvalue weighted by atomic mass is 32.2. The Kier molecular flexibility index (Phi) is 7.36. The van der Waals surface area contributed by atoms with E-state index in [4.69, 9.17) is 12.8 Å². The van der Waals surface area contributed by atoms with E-state index in [0.717, 1.165) is 11.5 Å². The quantitative estimate of drug-likeness (QED) is 0.623. The first-order chi connectivity index (χ1) is 5.72. The Labute approximate surface area is 84.3 Å². The lowest BCUT2D eigenvalue weighted by molar-refractivity contribution is 0.930. The van der Waals surface area contributed by atoms with Crippen molar-refractivity contribution in [3.63, 3.8) is 0 Å². The standard InChI is InChI=1S/C10H14S2/c1-5-7-11-9(3)10(4)12-8-6-2/h1-2,9-10H,7-8H2,3-4H3. The van der Waals surface area contributed by atoms with Crippen molar-refractivity contribution in [1.82, 2.24) is 0 Å². The van der Waals surface area contributed by atoms with Crippen LogP contribution in [0, 0.1) is 24.7 Å².